The molecule has 7 nitrogen and oxygen atoms in total. The summed E-state index contributed by atoms with van der Waals surface area (Å²) in [4.78, 5) is 34.1. The van der Waals surface area contributed by atoms with Crippen molar-refractivity contribution in [3.63, 3.8) is 0 Å². The summed E-state index contributed by atoms with van der Waals surface area (Å²) < 4.78 is 12.6. The largest absolute Gasteiger partial charge is 0.465 e. The van der Waals surface area contributed by atoms with Gasteiger partial charge in [0.05, 0.1) is 36.8 Å². The number of amides is 1. The Labute approximate surface area is 185 Å². The number of ether oxygens (including phenoxy) is 2. The zero-order chi connectivity index (χ0) is 22.0. The summed E-state index contributed by atoms with van der Waals surface area (Å²) in [6, 6.07) is 15.1. The molecule has 0 spiro atoms. The van der Waals surface area contributed by atoms with Crippen LogP contribution in [0.2, 0.25) is 0 Å². The number of carbonyl (C=O) groups excluding carboxylic acids is 2. The van der Waals surface area contributed by atoms with E-state index in [9.17, 15) is 9.59 Å². The van der Waals surface area contributed by atoms with E-state index < -0.39 is 17.9 Å². The molecule has 31 heavy (non-hydrogen) atoms. The Morgan fingerprint density at radius 3 is 2.58 bits per heavy atom. The second-order valence-electron chi connectivity index (χ2n) is 7.20. The van der Waals surface area contributed by atoms with Crippen LogP contribution in [0.5, 0.6) is 0 Å². The van der Waals surface area contributed by atoms with E-state index in [2.05, 4.69) is 0 Å². The maximum Gasteiger partial charge on any atom is 0.321 e. The zero-order valence-electron chi connectivity index (χ0n) is 17.8. The first-order valence-electron chi connectivity index (χ1n) is 10.2. The maximum absolute atomic E-state index is 13.6. The van der Waals surface area contributed by atoms with Gasteiger partial charge in [-0.15, -0.1) is 11.8 Å². The summed E-state index contributed by atoms with van der Waals surface area (Å²) >= 11 is 1.64. The van der Waals surface area contributed by atoms with Gasteiger partial charge in [-0.3, -0.25) is 14.5 Å². The highest BCUT2D eigenvalue weighted by Crippen LogP contribution is 2.41. The number of nitrogens with zero attached hydrogens (tertiary/aromatic N) is 3. The van der Waals surface area contributed by atoms with Crippen molar-refractivity contribution >= 4 is 40.6 Å². The van der Waals surface area contributed by atoms with Crippen molar-refractivity contribution in [3.05, 3.63) is 54.1 Å². The Hall–Kier alpha value is -2.84. The van der Waals surface area contributed by atoms with E-state index in [1.807, 2.05) is 59.4 Å². The number of esters is 1. The van der Waals surface area contributed by atoms with Gasteiger partial charge in [0.2, 0.25) is 11.9 Å². The van der Waals surface area contributed by atoms with Crippen LogP contribution in [0.1, 0.15) is 18.5 Å². The van der Waals surface area contributed by atoms with Crippen molar-refractivity contribution < 1.29 is 19.1 Å². The fraction of sp³-hybridized carbons (Fsp3) is 0.348. The molecule has 162 valence electrons. The van der Waals surface area contributed by atoms with Crippen LogP contribution in [0.3, 0.4) is 0 Å². The zero-order valence-corrected chi connectivity index (χ0v) is 18.6. The Morgan fingerprint density at radius 1 is 1.16 bits per heavy atom. The van der Waals surface area contributed by atoms with Crippen molar-refractivity contribution in [2.45, 2.75) is 17.9 Å². The number of para-hydroxylation sites is 2. The van der Waals surface area contributed by atoms with E-state index in [4.69, 9.17) is 14.5 Å². The fourth-order valence-corrected chi connectivity index (χ4v) is 4.45. The van der Waals surface area contributed by atoms with Crippen LogP contribution in [0.4, 0.5) is 5.95 Å². The Balaban J connectivity index is 1.95. The number of imidazole rings is 1. The predicted octanol–water partition coefficient (Wildman–Crippen LogP) is 3.52. The number of fused-ring (bicyclic) bond motifs is 3. The molecule has 1 aliphatic heterocycles. The molecule has 0 bridgehead atoms. The smallest absolute Gasteiger partial charge is 0.321 e. The molecule has 0 N–H and O–H groups in total. The quantitative estimate of drug-likeness (QED) is 0.319. The molecule has 2 heterocycles. The van der Waals surface area contributed by atoms with Crippen molar-refractivity contribution in [1.29, 1.82) is 0 Å². The lowest BCUT2D eigenvalue weighted by molar-refractivity contribution is -0.153. The minimum atomic E-state index is -1.01. The molecule has 0 aliphatic carbocycles. The third-order valence-corrected chi connectivity index (χ3v) is 6.21. The van der Waals surface area contributed by atoms with Crippen LogP contribution in [0.25, 0.3) is 11.0 Å². The maximum atomic E-state index is 13.6. The van der Waals surface area contributed by atoms with Gasteiger partial charge < -0.3 is 14.0 Å². The van der Waals surface area contributed by atoms with Gasteiger partial charge in [0.25, 0.3) is 0 Å². The van der Waals surface area contributed by atoms with Crippen LogP contribution in [0, 0.1) is 5.92 Å². The highest BCUT2D eigenvalue weighted by molar-refractivity contribution is 7.98. The van der Waals surface area contributed by atoms with Gasteiger partial charge >= 0.3 is 5.97 Å². The number of benzene rings is 2. The molecule has 0 unspecified atom stereocenters. The van der Waals surface area contributed by atoms with Crippen LogP contribution >= 0.6 is 11.8 Å². The average molecular weight is 440 g/mol. The van der Waals surface area contributed by atoms with Crippen LogP contribution in [-0.4, -0.2) is 54.6 Å². The first-order chi connectivity index (χ1) is 15.1. The number of carbonyl (C=O) groups is 2. The highest BCUT2D eigenvalue weighted by atomic mass is 32.2. The van der Waals surface area contributed by atoms with Gasteiger partial charge in [0, 0.05) is 12.0 Å². The number of thioether (sulfide) groups is 1. The van der Waals surface area contributed by atoms with Gasteiger partial charge in [-0.25, -0.2) is 4.98 Å². The van der Waals surface area contributed by atoms with Gasteiger partial charge in [-0.2, -0.15) is 0 Å². The summed E-state index contributed by atoms with van der Waals surface area (Å²) in [6.45, 7) is 2.58. The molecule has 1 aliphatic rings. The van der Waals surface area contributed by atoms with E-state index in [1.165, 1.54) is 4.90 Å². The summed E-state index contributed by atoms with van der Waals surface area (Å²) in [7, 11) is 1.58. The topological polar surface area (TPSA) is 73.7 Å². The molecule has 0 radical (unpaired) electrons. The number of methoxy groups -OCH3 is 1. The lowest BCUT2D eigenvalue weighted by atomic mass is 9.89. The van der Waals surface area contributed by atoms with Crippen molar-refractivity contribution in [3.8, 4) is 0 Å². The second kappa shape index (κ2) is 9.11. The monoisotopic (exact) mass is 439 g/mol. The number of rotatable bonds is 7. The molecule has 0 fully saturated rings. The summed E-state index contributed by atoms with van der Waals surface area (Å²) in [5, 5.41) is 0. The molecule has 1 aromatic heterocycles. The van der Waals surface area contributed by atoms with E-state index >= 15 is 0 Å². The first kappa shape index (κ1) is 21.4. The molecular formula is C23H25N3O4S. The molecular weight excluding hydrogens is 414 g/mol. The van der Waals surface area contributed by atoms with Gasteiger partial charge in [-0.1, -0.05) is 24.3 Å². The third kappa shape index (κ3) is 3.81. The van der Waals surface area contributed by atoms with Crippen LogP contribution in [0.15, 0.2) is 53.4 Å². The third-order valence-electron chi connectivity index (χ3n) is 5.46. The molecule has 4 rings (SSSR count). The van der Waals surface area contributed by atoms with Crippen molar-refractivity contribution in [2.75, 3.05) is 38.0 Å². The SMILES string of the molecule is CCOC(=O)[C@H]1C(=O)N(CCOC)c2nc3ccccc3n2[C@H]1c1ccc(SC)cc1. The van der Waals surface area contributed by atoms with E-state index in [1.54, 1.807) is 25.8 Å². The molecule has 0 saturated heterocycles. The van der Waals surface area contributed by atoms with E-state index in [0.29, 0.717) is 19.1 Å². The molecule has 2 aromatic carbocycles. The molecule has 0 saturated carbocycles. The lowest BCUT2D eigenvalue weighted by Gasteiger charge is -2.37. The van der Waals surface area contributed by atoms with E-state index in [-0.39, 0.29) is 12.5 Å². The van der Waals surface area contributed by atoms with E-state index in [0.717, 1.165) is 21.5 Å². The predicted molar refractivity (Wildman–Crippen MR) is 120 cm³/mol. The van der Waals surface area contributed by atoms with Crippen LogP contribution < -0.4 is 4.90 Å². The summed E-state index contributed by atoms with van der Waals surface area (Å²) in [5.74, 6) is -1.35. The van der Waals surface area contributed by atoms with Gasteiger partial charge in [-0.05, 0) is 43.0 Å². The molecule has 2 atom stereocenters. The second-order valence-corrected chi connectivity index (χ2v) is 8.08. The average Bonchev–Trinajstić information content (AvgIpc) is 3.17. The molecule has 3 aromatic rings. The normalized spacial score (nSPS) is 18.3. The number of hydrogen-bond acceptors (Lipinski definition) is 6. The first-order valence-corrected chi connectivity index (χ1v) is 11.4. The molecule has 8 heteroatoms. The minimum absolute atomic E-state index is 0.205. The highest BCUT2D eigenvalue weighted by Gasteiger charge is 2.47. The summed E-state index contributed by atoms with van der Waals surface area (Å²) in [5.41, 5.74) is 2.49. The lowest BCUT2D eigenvalue weighted by Crippen LogP contribution is -2.51. The Kier molecular flexibility index (Phi) is 6.29. The fourth-order valence-electron chi connectivity index (χ4n) is 4.04. The number of hydrogen-bond donors (Lipinski definition) is 0. The number of anilines is 1. The molecule has 1 amide bonds. The van der Waals surface area contributed by atoms with Crippen LogP contribution in [-0.2, 0) is 19.1 Å². The Bertz CT molecular complexity index is 1100. The summed E-state index contributed by atoms with van der Waals surface area (Å²) in [6.07, 6.45) is 2.01. The number of aromatic nitrogens is 2. The minimum Gasteiger partial charge on any atom is -0.465 e. The standard InChI is InChI=1S/C23H25N3O4S/c1-4-30-22(28)19-20(15-9-11-16(31-3)12-10-15)26-18-8-6-5-7-17(18)24-23(26)25(21(19)27)13-14-29-2/h5-12,19-20H,4,13-14H2,1-3H3/t19-,20+/m1/s1. The van der Waals surface area contributed by atoms with Gasteiger partial charge in [0.1, 0.15) is 0 Å². The van der Waals surface area contributed by atoms with Crippen molar-refractivity contribution in [1.82, 2.24) is 9.55 Å². The van der Waals surface area contributed by atoms with Gasteiger partial charge in [0.15, 0.2) is 5.92 Å². The Morgan fingerprint density at radius 2 is 1.90 bits per heavy atom. The van der Waals surface area contributed by atoms with Crippen molar-refractivity contribution in [2.24, 2.45) is 5.92 Å².